The van der Waals surface area contributed by atoms with E-state index in [1.54, 1.807) is 11.7 Å². The molecule has 1 atom stereocenters. The van der Waals surface area contributed by atoms with Crippen LogP contribution in [0.3, 0.4) is 0 Å². The number of nitrogens with zero attached hydrogens (tertiary/aromatic N) is 1. The standard InChI is InChI=1S/C14H17N3OS/c15-13(7-6-11-4-2-1-3-5-11)14(18)17-9-12-8-16-10-19-12/h1-5,8,10,13H,6-7,9,15H2,(H,17,18)/t13-/m0/s1. The monoisotopic (exact) mass is 275 g/mol. The Bertz CT molecular complexity index is 499. The van der Waals surface area contributed by atoms with Gasteiger partial charge in [0.05, 0.1) is 18.1 Å². The Morgan fingerprint density at radius 3 is 2.84 bits per heavy atom. The van der Waals surface area contributed by atoms with E-state index < -0.39 is 6.04 Å². The molecule has 1 heterocycles. The van der Waals surface area contributed by atoms with Crippen molar-refractivity contribution in [1.82, 2.24) is 10.3 Å². The van der Waals surface area contributed by atoms with Crippen LogP contribution in [0.4, 0.5) is 0 Å². The van der Waals surface area contributed by atoms with Gasteiger partial charge in [-0.2, -0.15) is 0 Å². The van der Waals surface area contributed by atoms with Gasteiger partial charge < -0.3 is 11.1 Å². The van der Waals surface area contributed by atoms with Crippen LogP contribution in [0.25, 0.3) is 0 Å². The minimum absolute atomic E-state index is 0.107. The maximum atomic E-state index is 11.8. The Morgan fingerprint density at radius 2 is 2.16 bits per heavy atom. The number of hydrogen-bond acceptors (Lipinski definition) is 4. The van der Waals surface area contributed by atoms with Gasteiger partial charge in [0, 0.05) is 11.1 Å². The molecule has 19 heavy (non-hydrogen) atoms. The zero-order chi connectivity index (χ0) is 13.5. The van der Waals surface area contributed by atoms with Gasteiger partial charge in [-0.05, 0) is 18.4 Å². The molecule has 5 heteroatoms. The number of hydrogen-bond donors (Lipinski definition) is 2. The molecule has 0 aliphatic heterocycles. The number of aryl methyl sites for hydroxylation is 1. The number of carbonyl (C=O) groups is 1. The summed E-state index contributed by atoms with van der Waals surface area (Å²) < 4.78 is 0. The molecule has 0 saturated carbocycles. The predicted octanol–water partition coefficient (Wildman–Crippen LogP) is 1.72. The highest BCUT2D eigenvalue weighted by molar-refractivity contribution is 7.09. The fraction of sp³-hybridized carbons (Fsp3) is 0.286. The summed E-state index contributed by atoms with van der Waals surface area (Å²) in [6, 6.07) is 9.58. The van der Waals surface area contributed by atoms with E-state index in [2.05, 4.69) is 10.3 Å². The normalized spacial score (nSPS) is 12.1. The van der Waals surface area contributed by atoms with E-state index in [9.17, 15) is 4.79 Å². The lowest BCUT2D eigenvalue weighted by Gasteiger charge is -2.11. The fourth-order valence-corrected chi connectivity index (χ4v) is 2.27. The van der Waals surface area contributed by atoms with Crippen LogP contribution in [0.15, 0.2) is 42.0 Å². The number of rotatable bonds is 6. The Kier molecular flexibility index (Phi) is 5.06. The van der Waals surface area contributed by atoms with E-state index in [1.165, 1.54) is 16.9 Å². The van der Waals surface area contributed by atoms with Crippen LogP contribution in [0.5, 0.6) is 0 Å². The summed E-state index contributed by atoms with van der Waals surface area (Å²) in [4.78, 5) is 16.8. The lowest BCUT2D eigenvalue weighted by Crippen LogP contribution is -2.40. The first-order valence-electron chi connectivity index (χ1n) is 6.20. The molecule has 2 aromatic rings. The summed E-state index contributed by atoms with van der Waals surface area (Å²) in [5.74, 6) is -0.107. The van der Waals surface area contributed by atoms with E-state index in [-0.39, 0.29) is 5.91 Å². The molecule has 1 aromatic heterocycles. The molecular weight excluding hydrogens is 258 g/mol. The van der Waals surface area contributed by atoms with Crippen molar-refractivity contribution < 1.29 is 4.79 Å². The Morgan fingerprint density at radius 1 is 1.37 bits per heavy atom. The largest absolute Gasteiger partial charge is 0.350 e. The zero-order valence-corrected chi connectivity index (χ0v) is 11.4. The number of thiazole rings is 1. The Balaban J connectivity index is 1.73. The number of benzene rings is 1. The quantitative estimate of drug-likeness (QED) is 0.843. The molecule has 0 spiro atoms. The lowest BCUT2D eigenvalue weighted by molar-refractivity contribution is -0.122. The van der Waals surface area contributed by atoms with Crippen LogP contribution in [0.1, 0.15) is 16.9 Å². The second kappa shape index (κ2) is 7.01. The smallest absolute Gasteiger partial charge is 0.237 e. The molecule has 2 rings (SSSR count). The zero-order valence-electron chi connectivity index (χ0n) is 10.6. The van der Waals surface area contributed by atoms with Crippen molar-refractivity contribution >= 4 is 17.2 Å². The first kappa shape index (κ1) is 13.7. The maximum absolute atomic E-state index is 11.8. The fourth-order valence-electron chi connectivity index (χ4n) is 1.73. The average Bonchev–Trinajstić information content (AvgIpc) is 2.96. The number of aromatic nitrogens is 1. The second-order valence-corrected chi connectivity index (χ2v) is 5.29. The first-order chi connectivity index (χ1) is 9.25. The van der Waals surface area contributed by atoms with Crippen molar-refractivity contribution in [2.45, 2.75) is 25.4 Å². The van der Waals surface area contributed by atoms with Gasteiger partial charge in [-0.15, -0.1) is 11.3 Å². The minimum Gasteiger partial charge on any atom is -0.350 e. The predicted molar refractivity (Wildman–Crippen MR) is 76.7 cm³/mol. The highest BCUT2D eigenvalue weighted by Gasteiger charge is 2.13. The van der Waals surface area contributed by atoms with Crippen molar-refractivity contribution in [3.8, 4) is 0 Å². The summed E-state index contributed by atoms with van der Waals surface area (Å²) in [7, 11) is 0. The van der Waals surface area contributed by atoms with Crippen molar-refractivity contribution in [3.63, 3.8) is 0 Å². The van der Waals surface area contributed by atoms with Crippen molar-refractivity contribution in [1.29, 1.82) is 0 Å². The third kappa shape index (κ3) is 4.46. The van der Waals surface area contributed by atoms with E-state index in [0.29, 0.717) is 13.0 Å². The molecule has 0 aliphatic rings. The van der Waals surface area contributed by atoms with Gasteiger partial charge in [0.2, 0.25) is 5.91 Å². The third-order valence-corrected chi connectivity index (χ3v) is 3.62. The number of amides is 1. The molecule has 0 unspecified atom stereocenters. The van der Waals surface area contributed by atoms with Crippen LogP contribution in [0, 0.1) is 0 Å². The van der Waals surface area contributed by atoms with E-state index in [4.69, 9.17) is 5.73 Å². The van der Waals surface area contributed by atoms with Gasteiger partial charge >= 0.3 is 0 Å². The van der Waals surface area contributed by atoms with Crippen molar-refractivity contribution in [2.75, 3.05) is 0 Å². The van der Waals surface area contributed by atoms with E-state index in [0.717, 1.165) is 11.3 Å². The molecule has 0 aliphatic carbocycles. The molecular formula is C14H17N3OS. The topological polar surface area (TPSA) is 68.0 Å². The lowest BCUT2D eigenvalue weighted by atomic mass is 10.1. The number of nitrogens with two attached hydrogens (primary N) is 1. The maximum Gasteiger partial charge on any atom is 0.237 e. The van der Waals surface area contributed by atoms with Crippen LogP contribution in [-0.4, -0.2) is 16.9 Å². The molecule has 1 aromatic carbocycles. The van der Waals surface area contributed by atoms with Gasteiger partial charge in [-0.1, -0.05) is 30.3 Å². The SMILES string of the molecule is N[C@@H](CCc1ccccc1)C(=O)NCc1cncs1. The van der Waals surface area contributed by atoms with Gasteiger partial charge in [0.25, 0.3) is 0 Å². The number of carbonyl (C=O) groups excluding carboxylic acids is 1. The first-order valence-corrected chi connectivity index (χ1v) is 7.08. The van der Waals surface area contributed by atoms with E-state index >= 15 is 0 Å². The van der Waals surface area contributed by atoms with Gasteiger partial charge in [0.1, 0.15) is 0 Å². The summed E-state index contributed by atoms with van der Waals surface area (Å²) in [5, 5.41) is 2.83. The van der Waals surface area contributed by atoms with E-state index in [1.807, 2.05) is 30.3 Å². The molecule has 3 N–H and O–H groups in total. The Labute approximate surface area is 116 Å². The summed E-state index contributed by atoms with van der Waals surface area (Å²) in [5.41, 5.74) is 8.83. The number of nitrogens with one attached hydrogen (secondary N) is 1. The Hall–Kier alpha value is -1.72. The molecule has 4 nitrogen and oxygen atoms in total. The van der Waals surface area contributed by atoms with Crippen LogP contribution < -0.4 is 11.1 Å². The second-order valence-electron chi connectivity index (χ2n) is 4.32. The van der Waals surface area contributed by atoms with Crippen molar-refractivity contribution in [3.05, 3.63) is 52.5 Å². The summed E-state index contributed by atoms with van der Waals surface area (Å²) in [6.45, 7) is 0.503. The van der Waals surface area contributed by atoms with Crippen LogP contribution in [0.2, 0.25) is 0 Å². The summed E-state index contributed by atoms with van der Waals surface area (Å²) in [6.07, 6.45) is 3.22. The molecule has 0 bridgehead atoms. The highest BCUT2D eigenvalue weighted by atomic mass is 32.1. The van der Waals surface area contributed by atoms with Crippen molar-refractivity contribution in [2.24, 2.45) is 5.73 Å². The molecule has 0 fully saturated rings. The van der Waals surface area contributed by atoms with Gasteiger partial charge in [-0.25, -0.2) is 0 Å². The molecule has 0 radical (unpaired) electrons. The molecule has 0 saturated heterocycles. The molecule has 100 valence electrons. The highest BCUT2D eigenvalue weighted by Crippen LogP contribution is 2.06. The molecule has 1 amide bonds. The van der Waals surface area contributed by atoms with Crippen LogP contribution in [-0.2, 0) is 17.8 Å². The van der Waals surface area contributed by atoms with Gasteiger partial charge in [0.15, 0.2) is 0 Å². The third-order valence-electron chi connectivity index (χ3n) is 2.84. The average molecular weight is 275 g/mol. The summed E-state index contributed by atoms with van der Waals surface area (Å²) >= 11 is 1.52. The minimum atomic E-state index is -0.465. The van der Waals surface area contributed by atoms with Crippen LogP contribution >= 0.6 is 11.3 Å². The van der Waals surface area contributed by atoms with Gasteiger partial charge in [-0.3, -0.25) is 9.78 Å².